The molecule has 4 nitrogen and oxygen atoms in total. The Morgan fingerprint density at radius 3 is 2.63 bits per heavy atom. The third-order valence-corrected chi connectivity index (χ3v) is 3.27. The van der Waals surface area contributed by atoms with Crippen molar-refractivity contribution in [2.75, 3.05) is 17.7 Å². The Balaban J connectivity index is 2.26. The van der Waals surface area contributed by atoms with Gasteiger partial charge in [0.15, 0.2) is 0 Å². The summed E-state index contributed by atoms with van der Waals surface area (Å²) in [6.45, 7) is 2.13. The molecule has 0 radical (unpaired) electrons. The molecule has 0 spiro atoms. The van der Waals surface area contributed by atoms with Crippen LogP contribution in [0.25, 0.3) is 0 Å². The molecule has 1 aromatic carbocycles. The second kappa shape index (κ2) is 6.70. The van der Waals surface area contributed by atoms with Gasteiger partial charge in [-0.05, 0) is 47.2 Å². The summed E-state index contributed by atoms with van der Waals surface area (Å²) >= 11 is 2.30. The van der Waals surface area contributed by atoms with Crippen molar-refractivity contribution in [1.29, 1.82) is 0 Å². The van der Waals surface area contributed by atoms with Crippen LogP contribution in [0.5, 0.6) is 0 Å². The van der Waals surface area contributed by atoms with Gasteiger partial charge in [0.1, 0.15) is 17.5 Å². The van der Waals surface area contributed by atoms with E-state index in [-0.39, 0.29) is 0 Å². The molecule has 100 valence electrons. The first-order chi connectivity index (χ1) is 9.21. The summed E-state index contributed by atoms with van der Waals surface area (Å²) in [5, 5.41) is 6.39. The van der Waals surface area contributed by atoms with Crippen molar-refractivity contribution in [2.24, 2.45) is 0 Å². The van der Waals surface area contributed by atoms with Crippen molar-refractivity contribution in [3.8, 4) is 0 Å². The minimum atomic E-state index is 0.824. The predicted octanol–water partition coefficient (Wildman–Crippen LogP) is 3.82. The summed E-state index contributed by atoms with van der Waals surface area (Å²) < 4.78 is 1.19. The molecule has 0 bridgehead atoms. The molecule has 2 aromatic rings. The number of hydrogen-bond acceptors (Lipinski definition) is 4. The Bertz CT molecular complexity index is 557. The van der Waals surface area contributed by atoms with Gasteiger partial charge in [-0.25, -0.2) is 9.97 Å². The van der Waals surface area contributed by atoms with Crippen LogP contribution in [0.15, 0.2) is 30.3 Å². The minimum absolute atomic E-state index is 0.824. The topological polar surface area (TPSA) is 49.8 Å². The van der Waals surface area contributed by atoms with Gasteiger partial charge in [-0.15, -0.1) is 0 Å². The lowest BCUT2D eigenvalue weighted by atomic mass is 10.3. The fourth-order valence-electron chi connectivity index (χ4n) is 1.74. The highest BCUT2D eigenvalue weighted by Crippen LogP contribution is 2.19. The predicted molar refractivity (Wildman–Crippen MR) is 88.0 cm³/mol. The van der Waals surface area contributed by atoms with Gasteiger partial charge in [0.2, 0.25) is 0 Å². The maximum atomic E-state index is 4.53. The molecule has 2 rings (SSSR count). The second-order valence-electron chi connectivity index (χ2n) is 4.19. The average molecular weight is 368 g/mol. The van der Waals surface area contributed by atoms with Gasteiger partial charge < -0.3 is 10.6 Å². The first-order valence-corrected chi connectivity index (χ1v) is 7.37. The Hall–Kier alpha value is -1.37. The lowest BCUT2D eigenvalue weighted by molar-refractivity contribution is 0.838. The summed E-state index contributed by atoms with van der Waals surface area (Å²) in [6.07, 6.45) is 1.92. The molecular weight excluding hydrogens is 351 g/mol. The van der Waals surface area contributed by atoms with Gasteiger partial charge in [-0.1, -0.05) is 13.0 Å². The first-order valence-electron chi connectivity index (χ1n) is 6.29. The van der Waals surface area contributed by atoms with Crippen molar-refractivity contribution in [1.82, 2.24) is 9.97 Å². The second-order valence-corrected chi connectivity index (χ2v) is 5.44. The van der Waals surface area contributed by atoms with Crippen LogP contribution in [-0.4, -0.2) is 17.0 Å². The summed E-state index contributed by atoms with van der Waals surface area (Å²) in [7, 11) is 1.87. The summed E-state index contributed by atoms with van der Waals surface area (Å²) in [6, 6.07) is 10.1. The van der Waals surface area contributed by atoms with Crippen LogP contribution in [0.1, 0.15) is 19.2 Å². The number of anilines is 3. The number of aromatic nitrogens is 2. The molecule has 19 heavy (non-hydrogen) atoms. The zero-order chi connectivity index (χ0) is 13.7. The third-order valence-electron chi connectivity index (χ3n) is 2.60. The molecule has 0 unspecified atom stereocenters. The number of halogens is 1. The summed E-state index contributed by atoms with van der Waals surface area (Å²) in [5.41, 5.74) is 1.04. The lowest BCUT2D eigenvalue weighted by Crippen LogP contribution is -2.03. The number of aryl methyl sites for hydroxylation is 1. The Morgan fingerprint density at radius 1 is 1.16 bits per heavy atom. The van der Waals surface area contributed by atoms with E-state index < -0.39 is 0 Å². The van der Waals surface area contributed by atoms with Crippen LogP contribution in [0.3, 0.4) is 0 Å². The SMILES string of the molecule is CCCc1nc(NC)cc(Nc2cccc(I)c2)n1. The molecule has 0 atom stereocenters. The molecule has 0 saturated heterocycles. The molecule has 0 aliphatic heterocycles. The molecule has 0 amide bonds. The van der Waals surface area contributed by atoms with Crippen molar-refractivity contribution >= 4 is 39.9 Å². The summed E-state index contributed by atoms with van der Waals surface area (Å²) in [5.74, 6) is 2.53. The zero-order valence-electron chi connectivity index (χ0n) is 11.1. The highest BCUT2D eigenvalue weighted by Gasteiger charge is 2.04. The van der Waals surface area contributed by atoms with Crippen molar-refractivity contribution in [3.05, 3.63) is 39.7 Å². The summed E-state index contributed by atoms with van der Waals surface area (Å²) in [4.78, 5) is 8.97. The highest BCUT2D eigenvalue weighted by molar-refractivity contribution is 14.1. The highest BCUT2D eigenvalue weighted by atomic mass is 127. The molecule has 1 aromatic heterocycles. The van der Waals surface area contributed by atoms with Crippen molar-refractivity contribution in [3.63, 3.8) is 0 Å². The van der Waals surface area contributed by atoms with Crippen LogP contribution in [0.4, 0.5) is 17.3 Å². The van der Waals surface area contributed by atoms with Crippen LogP contribution < -0.4 is 10.6 Å². The van der Waals surface area contributed by atoms with Crippen molar-refractivity contribution in [2.45, 2.75) is 19.8 Å². The number of hydrogen-bond donors (Lipinski definition) is 2. The molecule has 0 aliphatic rings. The fraction of sp³-hybridized carbons (Fsp3) is 0.286. The van der Waals surface area contributed by atoms with Gasteiger partial charge in [-0.3, -0.25) is 0 Å². The molecule has 0 aliphatic carbocycles. The number of benzene rings is 1. The normalized spacial score (nSPS) is 10.3. The van der Waals surface area contributed by atoms with Gasteiger partial charge in [0.25, 0.3) is 0 Å². The molecule has 0 saturated carbocycles. The van der Waals surface area contributed by atoms with Crippen molar-refractivity contribution < 1.29 is 0 Å². The van der Waals surface area contributed by atoms with Gasteiger partial charge >= 0.3 is 0 Å². The van der Waals surface area contributed by atoms with Crippen LogP contribution in [0.2, 0.25) is 0 Å². The van der Waals surface area contributed by atoms with E-state index in [0.29, 0.717) is 0 Å². The van der Waals surface area contributed by atoms with E-state index >= 15 is 0 Å². The Morgan fingerprint density at radius 2 is 1.95 bits per heavy atom. The quantitative estimate of drug-likeness (QED) is 0.788. The minimum Gasteiger partial charge on any atom is -0.373 e. The van der Waals surface area contributed by atoms with E-state index in [4.69, 9.17) is 0 Å². The number of rotatable bonds is 5. The smallest absolute Gasteiger partial charge is 0.136 e. The van der Waals surface area contributed by atoms with E-state index in [9.17, 15) is 0 Å². The van der Waals surface area contributed by atoms with Gasteiger partial charge in [-0.2, -0.15) is 0 Å². The standard InChI is InChI=1S/C14H17IN4/c1-3-5-12-18-13(16-2)9-14(19-12)17-11-7-4-6-10(15)8-11/h4,6-9H,3,5H2,1-2H3,(H2,16,17,18,19). The largest absolute Gasteiger partial charge is 0.373 e. The van der Waals surface area contributed by atoms with Gasteiger partial charge in [0, 0.05) is 28.8 Å². The molecular formula is C14H17IN4. The number of nitrogens with zero attached hydrogens (tertiary/aromatic N) is 2. The van der Waals surface area contributed by atoms with Crippen LogP contribution in [-0.2, 0) is 6.42 Å². The number of nitrogens with one attached hydrogen (secondary N) is 2. The molecule has 1 heterocycles. The first kappa shape index (κ1) is 14.0. The average Bonchev–Trinajstić information content (AvgIpc) is 2.39. The van der Waals surface area contributed by atoms with E-state index in [1.807, 2.05) is 25.2 Å². The van der Waals surface area contributed by atoms with E-state index in [0.717, 1.165) is 36.0 Å². The zero-order valence-corrected chi connectivity index (χ0v) is 13.2. The van der Waals surface area contributed by atoms with E-state index in [2.05, 4.69) is 62.2 Å². The van der Waals surface area contributed by atoms with Crippen LogP contribution in [0, 0.1) is 3.57 Å². The fourth-order valence-corrected chi connectivity index (χ4v) is 2.28. The monoisotopic (exact) mass is 368 g/mol. The Labute approximate surface area is 127 Å². The molecule has 5 heteroatoms. The molecule has 2 N–H and O–H groups in total. The van der Waals surface area contributed by atoms with Gasteiger partial charge in [0.05, 0.1) is 0 Å². The third kappa shape index (κ3) is 4.05. The van der Waals surface area contributed by atoms with E-state index in [1.165, 1.54) is 3.57 Å². The Kier molecular flexibility index (Phi) is 4.95. The molecule has 0 fully saturated rings. The van der Waals surface area contributed by atoms with Crippen LogP contribution >= 0.6 is 22.6 Å². The lowest BCUT2D eigenvalue weighted by Gasteiger charge is -2.09. The maximum Gasteiger partial charge on any atom is 0.136 e. The maximum absolute atomic E-state index is 4.53. The van der Waals surface area contributed by atoms with E-state index in [1.54, 1.807) is 0 Å².